The zero-order chi connectivity index (χ0) is 11.6. The lowest BCUT2D eigenvalue weighted by molar-refractivity contribution is 0.141. The first-order valence-corrected chi connectivity index (χ1v) is 6.76. The van der Waals surface area contributed by atoms with Crippen LogP contribution in [-0.2, 0) is 4.74 Å². The minimum absolute atomic E-state index is 0.803. The summed E-state index contributed by atoms with van der Waals surface area (Å²) in [6.45, 7) is 6.30. The van der Waals surface area contributed by atoms with Crippen LogP contribution >= 0.6 is 0 Å². The zero-order valence-corrected chi connectivity index (χ0v) is 10.9. The van der Waals surface area contributed by atoms with Crippen LogP contribution in [0.3, 0.4) is 0 Å². The molecule has 0 amide bonds. The molecule has 1 unspecified atom stereocenters. The highest BCUT2D eigenvalue weighted by molar-refractivity contribution is 5.22. The second-order valence-corrected chi connectivity index (χ2v) is 4.85. The molecule has 1 rings (SSSR count). The molecule has 0 saturated carbocycles. The lowest BCUT2D eigenvalue weighted by Gasteiger charge is -2.12. The fourth-order valence-electron chi connectivity index (χ4n) is 1.95. The fraction of sp³-hybridized carbons (Fsp3) is 0.733. The number of hydrogen-bond donors (Lipinski definition) is 0. The molecule has 1 aliphatic carbocycles. The van der Waals surface area contributed by atoms with Crippen molar-refractivity contribution in [2.75, 3.05) is 13.2 Å². The summed E-state index contributed by atoms with van der Waals surface area (Å²) in [5.41, 5.74) is 1.35. The van der Waals surface area contributed by atoms with Gasteiger partial charge in [0, 0.05) is 6.61 Å². The molecule has 0 N–H and O–H groups in total. The van der Waals surface area contributed by atoms with E-state index in [1.54, 1.807) is 0 Å². The van der Waals surface area contributed by atoms with E-state index in [-0.39, 0.29) is 0 Å². The second kappa shape index (κ2) is 8.58. The van der Waals surface area contributed by atoms with Gasteiger partial charge in [0.25, 0.3) is 0 Å². The Kier molecular flexibility index (Phi) is 7.24. The molecular weight excluding hydrogens is 196 g/mol. The normalized spacial score (nSPS) is 17.2. The van der Waals surface area contributed by atoms with Gasteiger partial charge in [-0.2, -0.15) is 0 Å². The molecule has 1 nitrogen and oxygen atoms in total. The number of rotatable bonds is 8. The Balaban J connectivity index is 1.98. The van der Waals surface area contributed by atoms with Gasteiger partial charge in [-0.3, -0.25) is 0 Å². The molecule has 0 aromatic carbocycles. The Morgan fingerprint density at radius 3 is 2.88 bits per heavy atom. The van der Waals surface area contributed by atoms with E-state index < -0.39 is 0 Å². The maximum absolute atomic E-state index is 5.70. The number of allylic oxidation sites excluding steroid dienone is 2. The summed E-state index contributed by atoms with van der Waals surface area (Å²) in [4.78, 5) is 0. The van der Waals surface area contributed by atoms with Gasteiger partial charge in [0.1, 0.15) is 0 Å². The lowest BCUT2D eigenvalue weighted by Crippen LogP contribution is -2.04. The summed E-state index contributed by atoms with van der Waals surface area (Å²) in [6.07, 6.45) is 14.3. The van der Waals surface area contributed by atoms with E-state index in [2.05, 4.69) is 32.1 Å². The van der Waals surface area contributed by atoms with Gasteiger partial charge in [-0.25, -0.2) is 0 Å². The summed E-state index contributed by atoms with van der Waals surface area (Å²) < 4.78 is 5.70. The fourth-order valence-corrected chi connectivity index (χ4v) is 1.95. The van der Waals surface area contributed by atoms with Crippen LogP contribution in [0, 0.1) is 5.92 Å². The van der Waals surface area contributed by atoms with Crippen molar-refractivity contribution in [3.05, 3.63) is 23.8 Å². The largest absolute Gasteiger partial charge is 0.377 e. The van der Waals surface area contributed by atoms with Gasteiger partial charge in [0.15, 0.2) is 0 Å². The van der Waals surface area contributed by atoms with E-state index in [0.717, 1.165) is 19.1 Å². The third-order valence-corrected chi connectivity index (χ3v) is 3.15. The SMILES string of the molecule is CCCCC(C)CCOCC1=CCCC=C1. The Labute approximate surface area is 101 Å². The van der Waals surface area contributed by atoms with Gasteiger partial charge in [0.2, 0.25) is 0 Å². The highest BCUT2D eigenvalue weighted by atomic mass is 16.5. The van der Waals surface area contributed by atoms with Crippen molar-refractivity contribution in [2.24, 2.45) is 5.92 Å². The molecule has 0 fully saturated rings. The Bertz CT molecular complexity index is 228. The van der Waals surface area contributed by atoms with Gasteiger partial charge in [-0.15, -0.1) is 0 Å². The second-order valence-electron chi connectivity index (χ2n) is 4.85. The van der Waals surface area contributed by atoms with Crippen molar-refractivity contribution in [1.82, 2.24) is 0 Å². The minimum atomic E-state index is 0.803. The van der Waals surface area contributed by atoms with E-state index in [1.807, 2.05) is 0 Å². The molecule has 0 aromatic heterocycles. The predicted octanol–water partition coefficient (Wildman–Crippen LogP) is 4.50. The van der Waals surface area contributed by atoms with Crippen LogP contribution in [0.5, 0.6) is 0 Å². The molecule has 0 heterocycles. The topological polar surface area (TPSA) is 9.23 Å². The predicted molar refractivity (Wildman–Crippen MR) is 70.6 cm³/mol. The van der Waals surface area contributed by atoms with Crippen LogP contribution in [-0.4, -0.2) is 13.2 Å². The van der Waals surface area contributed by atoms with Crippen LogP contribution in [0.25, 0.3) is 0 Å². The summed E-state index contributed by atoms with van der Waals surface area (Å²) in [5.74, 6) is 0.816. The van der Waals surface area contributed by atoms with Crippen molar-refractivity contribution >= 4 is 0 Å². The smallest absolute Gasteiger partial charge is 0.0713 e. The van der Waals surface area contributed by atoms with Crippen LogP contribution in [0.4, 0.5) is 0 Å². The Morgan fingerprint density at radius 1 is 1.31 bits per heavy atom. The average molecular weight is 222 g/mol. The lowest BCUT2D eigenvalue weighted by atomic mass is 10.0. The first kappa shape index (κ1) is 13.5. The highest BCUT2D eigenvalue weighted by Gasteiger charge is 2.02. The number of ether oxygens (including phenoxy) is 1. The quantitative estimate of drug-likeness (QED) is 0.550. The molecule has 0 spiro atoms. The molecule has 0 aliphatic heterocycles. The van der Waals surface area contributed by atoms with Crippen molar-refractivity contribution in [3.8, 4) is 0 Å². The van der Waals surface area contributed by atoms with E-state index in [9.17, 15) is 0 Å². The van der Waals surface area contributed by atoms with Crippen LogP contribution in [0.1, 0.15) is 52.4 Å². The minimum Gasteiger partial charge on any atom is -0.377 e. The van der Waals surface area contributed by atoms with E-state index in [1.165, 1.54) is 44.1 Å². The third kappa shape index (κ3) is 6.12. The van der Waals surface area contributed by atoms with Crippen molar-refractivity contribution < 1.29 is 4.74 Å². The number of unbranched alkanes of at least 4 members (excludes halogenated alkanes) is 1. The molecule has 0 saturated heterocycles. The summed E-state index contributed by atoms with van der Waals surface area (Å²) in [5, 5.41) is 0. The van der Waals surface area contributed by atoms with Crippen molar-refractivity contribution in [2.45, 2.75) is 52.4 Å². The molecule has 1 aliphatic rings. The molecule has 16 heavy (non-hydrogen) atoms. The zero-order valence-electron chi connectivity index (χ0n) is 10.9. The molecule has 0 radical (unpaired) electrons. The summed E-state index contributed by atoms with van der Waals surface area (Å²) >= 11 is 0. The van der Waals surface area contributed by atoms with Gasteiger partial charge >= 0.3 is 0 Å². The van der Waals surface area contributed by atoms with Gasteiger partial charge < -0.3 is 4.74 Å². The highest BCUT2D eigenvalue weighted by Crippen LogP contribution is 2.13. The Morgan fingerprint density at radius 2 is 2.19 bits per heavy atom. The van der Waals surface area contributed by atoms with Crippen LogP contribution in [0.15, 0.2) is 23.8 Å². The maximum Gasteiger partial charge on any atom is 0.0713 e. The molecule has 1 heteroatoms. The van der Waals surface area contributed by atoms with E-state index in [0.29, 0.717) is 0 Å². The summed E-state index contributed by atoms with van der Waals surface area (Å²) in [7, 11) is 0. The first-order chi connectivity index (χ1) is 7.83. The monoisotopic (exact) mass is 222 g/mol. The van der Waals surface area contributed by atoms with Crippen LogP contribution in [0.2, 0.25) is 0 Å². The molecule has 0 aromatic rings. The maximum atomic E-state index is 5.70. The van der Waals surface area contributed by atoms with E-state index in [4.69, 9.17) is 4.74 Å². The van der Waals surface area contributed by atoms with E-state index >= 15 is 0 Å². The molecule has 0 bridgehead atoms. The van der Waals surface area contributed by atoms with Crippen LogP contribution < -0.4 is 0 Å². The Hall–Kier alpha value is -0.560. The molecular formula is C15H26O. The third-order valence-electron chi connectivity index (χ3n) is 3.15. The average Bonchev–Trinajstić information content (AvgIpc) is 2.33. The van der Waals surface area contributed by atoms with Crippen molar-refractivity contribution in [3.63, 3.8) is 0 Å². The number of hydrogen-bond acceptors (Lipinski definition) is 1. The molecule has 1 atom stereocenters. The standard InChI is InChI=1S/C15H26O/c1-3-4-8-14(2)11-12-16-13-15-9-6-5-7-10-15/h6,9-10,14H,3-5,7-8,11-13H2,1-2H3. The van der Waals surface area contributed by atoms with Gasteiger partial charge in [-0.1, -0.05) is 51.3 Å². The van der Waals surface area contributed by atoms with Gasteiger partial charge in [0.05, 0.1) is 6.61 Å². The van der Waals surface area contributed by atoms with Gasteiger partial charge in [-0.05, 0) is 30.8 Å². The van der Waals surface area contributed by atoms with Crippen molar-refractivity contribution in [1.29, 1.82) is 0 Å². The first-order valence-electron chi connectivity index (χ1n) is 6.76. The molecule has 92 valence electrons. The summed E-state index contributed by atoms with van der Waals surface area (Å²) in [6, 6.07) is 0.